The Morgan fingerprint density at radius 3 is 1.93 bits per heavy atom. The van der Waals surface area contributed by atoms with Crippen molar-refractivity contribution in [2.24, 2.45) is 5.92 Å². The normalized spacial score (nSPS) is 11.3. The van der Waals surface area contributed by atoms with Crippen molar-refractivity contribution in [3.8, 4) is 11.4 Å². The summed E-state index contributed by atoms with van der Waals surface area (Å²) in [4.78, 5) is 9.15. The Bertz CT molecular complexity index is 614. The van der Waals surface area contributed by atoms with Crippen molar-refractivity contribution in [1.82, 2.24) is 9.97 Å². The van der Waals surface area contributed by atoms with Gasteiger partial charge in [0, 0.05) is 18.0 Å². The molecule has 0 saturated carbocycles. The standard InChI is InChI=1S/C25H38N2/c1-4-5-6-10-14-23-19-26-25(27-20-23)24-17-15-22(16-18-24)13-11-8-7-9-12-21(2)3/h15-21H,4-14H2,1-3H3. The number of hydrogen-bond acceptors (Lipinski definition) is 2. The second-order valence-electron chi connectivity index (χ2n) is 8.27. The minimum Gasteiger partial charge on any atom is -0.236 e. The molecule has 0 spiro atoms. The molecule has 1 aromatic heterocycles. The largest absolute Gasteiger partial charge is 0.236 e. The minimum atomic E-state index is 0.840. The predicted octanol–water partition coefficient (Wildman–Crippen LogP) is 7.42. The first kappa shape index (κ1) is 21.6. The van der Waals surface area contributed by atoms with Gasteiger partial charge < -0.3 is 0 Å². The van der Waals surface area contributed by atoms with E-state index >= 15 is 0 Å². The van der Waals surface area contributed by atoms with Crippen LogP contribution in [0.1, 0.15) is 89.7 Å². The molecule has 0 aliphatic heterocycles. The Labute approximate surface area is 166 Å². The fourth-order valence-corrected chi connectivity index (χ4v) is 3.44. The van der Waals surface area contributed by atoms with E-state index in [2.05, 4.69) is 55.0 Å². The highest BCUT2D eigenvalue weighted by atomic mass is 14.9. The summed E-state index contributed by atoms with van der Waals surface area (Å²) in [6.07, 6.45) is 18.2. The van der Waals surface area contributed by atoms with E-state index in [0.29, 0.717) is 0 Å². The second kappa shape index (κ2) is 12.6. The van der Waals surface area contributed by atoms with E-state index in [1.165, 1.54) is 75.3 Å². The topological polar surface area (TPSA) is 25.8 Å². The SMILES string of the molecule is CCCCCCc1cnc(-c2ccc(CCCCCCC(C)C)cc2)nc1. The summed E-state index contributed by atoms with van der Waals surface area (Å²) < 4.78 is 0. The molecule has 148 valence electrons. The summed E-state index contributed by atoms with van der Waals surface area (Å²) in [5.41, 5.74) is 3.80. The molecule has 0 fully saturated rings. The van der Waals surface area contributed by atoms with Crippen LogP contribution in [0.15, 0.2) is 36.7 Å². The molecule has 0 radical (unpaired) electrons. The van der Waals surface area contributed by atoms with Gasteiger partial charge in [0.05, 0.1) is 0 Å². The zero-order valence-corrected chi connectivity index (χ0v) is 17.7. The monoisotopic (exact) mass is 366 g/mol. The Hall–Kier alpha value is -1.70. The van der Waals surface area contributed by atoms with Crippen molar-refractivity contribution in [3.05, 3.63) is 47.8 Å². The summed E-state index contributed by atoms with van der Waals surface area (Å²) >= 11 is 0. The van der Waals surface area contributed by atoms with E-state index in [0.717, 1.165) is 23.7 Å². The van der Waals surface area contributed by atoms with Crippen LogP contribution in [0.4, 0.5) is 0 Å². The van der Waals surface area contributed by atoms with Gasteiger partial charge in [-0.2, -0.15) is 0 Å². The van der Waals surface area contributed by atoms with Crippen LogP contribution in [0, 0.1) is 5.92 Å². The molecule has 0 atom stereocenters. The van der Waals surface area contributed by atoms with E-state index in [1.807, 2.05) is 12.4 Å². The van der Waals surface area contributed by atoms with E-state index in [1.54, 1.807) is 0 Å². The molecular formula is C25H38N2. The molecule has 0 unspecified atom stereocenters. The van der Waals surface area contributed by atoms with E-state index in [-0.39, 0.29) is 0 Å². The van der Waals surface area contributed by atoms with Crippen LogP contribution < -0.4 is 0 Å². The van der Waals surface area contributed by atoms with Crippen LogP contribution in [-0.4, -0.2) is 9.97 Å². The van der Waals surface area contributed by atoms with Gasteiger partial charge in [0.15, 0.2) is 5.82 Å². The summed E-state index contributed by atoms with van der Waals surface area (Å²) in [6, 6.07) is 8.83. The molecular weight excluding hydrogens is 328 g/mol. The molecule has 1 heterocycles. The third kappa shape index (κ3) is 8.69. The predicted molar refractivity (Wildman–Crippen MR) is 117 cm³/mol. The number of rotatable bonds is 13. The zero-order valence-electron chi connectivity index (χ0n) is 17.7. The third-order valence-electron chi connectivity index (χ3n) is 5.23. The molecule has 0 aliphatic carbocycles. The van der Waals surface area contributed by atoms with Crippen molar-refractivity contribution in [1.29, 1.82) is 0 Å². The van der Waals surface area contributed by atoms with Crippen LogP contribution >= 0.6 is 0 Å². The van der Waals surface area contributed by atoms with E-state index in [9.17, 15) is 0 Å². The average molecular weight is 367 g/mol. The lowest BCUT2D eigenvalue weighted by molar-refractivity contribution is 0.520. The highest BCUT2D eigenvalue weighted by molar-refractivity contribution is 5.55. The zero-order chi connectivity index (χ0) is 19.3. The first-order valence-corrected chi connectivity index (χ1v) is 11.1. The molecule has 0 bridgehead atoms. The number of aromatic nitrogens is 2. The molecule has 2 heteroatoms. The van der Waals surface area contributed by atoms with Gasteiger partial charge in [0.2, 0.25) is 0 Å². The van der Waals surface area contributed by atoms with Crippen LogP contribution in [0.25, 0.3) is 11.4 Å². The number of benzene rings is 1. The molecule has 27 heavy (non-hydrogen) atoms. The van der Waals surface area contributed by atoms with Gasteiger partial charge in [0.25, 0.3) is 0 Å². The van der Waals surface area contributed by atoms with E-state index in [4.69, 9.17) is 0 Å². The van der Waals surface area contributed by atoms with Crippen LogP contribution in [0.3, 0.4) is 0 Å². The van der Waals surface area contributed by atoms with Gasteiger partial charge >= 0.3 is 0 Å². The molecule has 0 saturated heterocycles. The Morgan fingerprint density at radius 2 is 1.30 bits per heavy atom. The fraction of sp³-hybridized carbons (Fsp3) is 0.600. The van der Waals surface area contributed by atoms with Crippen molar-refractivity contribution >= 4 is 0 Å². The van der Waals surface area contributed by atoms with Crippen LogP contribution in [0.5, 0.6) is 0 Å². The maximum Gasteiger partial charge on any atom is 0.159 e. The number of unbranched alkanes of at least 4 members (excludes halogenated alkanes) is 6. The summed E-state index contributed by atoms with van der Waals surface area (Å²) in [5, 5.41) is 0. The van der Waals surface area contributed by atoms with Gasteiger partial charge in [-0.1, -0.05) is 90.0 Å². The molecule has 2 nitrogen and oxygen atoms in total. The van der Waals surface area contributed by atoms with Gasteiger partial charge in [-0.05, 0) is 42.7 Å². The average Bonchev–Trinajstić information content (AvgIpc) is 2.69. The Morgan fingerprint density at radius 1 is 0.704 bits per heavy atom. The summed E-state index contributed by atoms with van der Waals surface area (Å²) in [6.45, 7) is 6.87. The third-order valence-corrected chi connectivity index (χ3v) is 5.23. The Balaban J connectivity index is 1.74. The first-order valence-electron chi connectivity index (χ1n) is 11.1. The highest BCUT2D eigenvalue weighted by Crippen LogP contribution is 2.18. The number of hydrogen-bond donors (Lipinski definition) is 0. The van der Waals surface area contributed by atoms with Gasteiger partial charge in [-0.25, -0.2) is 9.97 Å². The lowest BCUT2D eigenvalue weighted by atomic mass is 10.0. The highest BCUT2D eigenvalue weighted by Gasteiger charge is 2.03. The second-order valence-corrected chi connectivity index (χ2v) is 8.27. The minimum absolute atomic E-state index is 0.840. The Kier molecular flexibility index (Phi) is 10.1. The van der Waals surface area contributed by atoms with Crippen molar-refractivity contribution in [2.45, 2.75) is 91.4 Å². The first-order chi connectivity index (χ1) is 13.2. The quantitative estimate of drug-likeness (QED) is 0.345. The van der Waals surface area contributed by atoms with Crippen LogP contribution in [-0.2, 0) is 12.8 Å². The number of aryl methyl sites for hydroxylation is 2. The van der Waals surface area contributed by atoms with Crippen LogP contribution in [0.2, 0.25) is 0 Å². The lowest BCUT2D eigenvalue weighted by Gasteiger charge is -2.06. The summed E-state index contributed by atoms with van der Waals surface area (Å²) in [5.74, 6) is 1.68. The molecule has 2 aromatic rings. The maximum absolute atomic E-state index is 4.58. The molecule has 0 aliphatic rings. The van der Waals surface area contributed by atoms with E-state index < -0.39 is 0 Å². The molecule has 2 rings (SSSR count). The lowest BCUT2D eigenvalue weighted by Crippen LogP contribution is -1.94. The van der Waals surface area contributed by atoms with Gasteiger partial charge in [-0.15, -0.1) is 0 Å². The van der Waals surface area contributed by atoms with Gasteiger partial charge in [0.1, 0.15) is 0 Å². The summed E-state index contributed by atoms with van der Waals surface area (Å²) in [7, 11) is 0. The smallest absolute Gasteiger partial charge is 0.159 e. The van der Waals surface area contributed by atoms with Crippen molar-refractivity contribution < 1.29 is 0 Å². The van der Waals surface area contributed by atoms with Crippen molar-refractivity contribution in [2.75, 3.05) is 0 Å². The van der Waals surface area contributed by atoms with Crippen molar-refractivity contribution in [3.63, 3.8) is 0 Å². The fourth-order valence-electron chi connectivity index (χ4n) is 3.44. The molecule has 0 N–H and O–H groups in total. The number of nitrogens with zero attached hydrogens (tertiary/aromatic N) is 2. The molecule has 1 aromatic carbocycles. The van der Waals surface area contributed by atoms with Gasteiger partial charge in [-0.3, -0.25) is 0 Å². The maximum atomic E-state index is 4.58. The molecule has 0 amide bonds.